The molecule has 3 aliphatic rings. The fourth-order valence-corrected chi connectivity index (χ4v) is 5.37. The van der Waals surface area contributed by atoms with E-state index < -0.39 is 35.1 Å². The zero-order valence-electron chi connectivity index (χ0n) is 22.7. The largest absolute Gasteiger partial charge is 0.493 e. The molecule has 1 aliphatic carbocycles. The van der Waals surface area contributed by atoms with Gasteiger partial charge in [-0.05, 0) is 43.9 Å². The Hall–Kier alpha value is -3.37. The molecule has 206 valence electrons. The van der Waals surface area contributed by atoms with Gasteiger partial charge in [-0.25, -0.2) is 4.79 Å². The van der Waals surface area contributed by atoms with E-state index in [0.717, 1.165) is 5.56 Å². The van der Waals surface area contributed by atoms with E-state index in [-0.39, 0.29) is 13.4 Å². The minimum atomic E-state index is -1.92. The molecule has 2 N–H and O–H groups in total. The van der Waals surface area contributed by atoms with Gasteiger partial charge in [0, 0.05) is 22.6 Å². The molecule has 0 saturated carbocycles. The second-order valence-electron chi connectivity index (χ2n) is 10.6. The maximum Gasteiger partial charge on any atom is 0.338 e. The van der Waals surface area contributed by atoms with E-state index in [1.165, 1.54) is 28.3 Å². The lowest BCUT2D eigenvalue weighted by Crippen LogP contribution is -2.49. The minimum Gasteiger partial charge on any atom is -0.493 e. The first-order valence-electron chi connectivity index (χ1n) is 12.5. The number of carbonyl (C=O) groups excluding carboxylic acids is 1. The van der Waals surface area contributed by atoms with E-state index in [4.69, 9.17) is 33.2 Å². The number of esters is 1. The van der Waals surface area contributed by atoms with Crippen LogP contribution in [0.2, 0.25) is 0 Å². The summed E-state index contributed by atoms with van der Waals surface area (Å²) in [6.07, 6.45) is -0.830. The van der Waals surface area contributed by atoms with Crippen molar-refractivity contribution >= 4 is 5.97 Å². The van der Waals surface area contributed by atoms with Gasteiger partial charge in [0.25, 0.3) is 0 Å². The van der Waals surface area contributed by atoms with Crippen molar-refractivity contribution in [1.82, 2.24) is 0 Å². The van der Waals surface area contributed by atoms with Crippen LogP contribution in [0.1, 0.15) is 44.9 Å². The highest BCUT2D eigenvalue weighted by molar-refractivity contribution is 5.89. The quantitative estimate of drug-likeness (QED) is 0.571. The molecule has 0 aromatic heterocycles. The van der Waals surface area contributed by atoms with Crippen molar-refractivity contribution < 1.29 is 48.2 Å². The van der Waals surface area contributed by atoms with E-state index in [0.29, 0.717) is 57.6 Å². The molecule has 2 aromatic carbocycles. The summed E-state index contributed by atoms with van der Waals surface area (Å²) in [4.78, 5) is 13.5. The first kappa shape index (κ1) is 26.2. The number of fused-ring (bicyclic) bond motifs is 2. The topological polar surface area (TPSA) is 122 Å². The van der Waals surface area contributed by atoms with Gasteiger partial charge in [-0.3, -0.25) is 0 Å². The summed E-state index contributed by atoms with van der Waals surface area (Å²) in [6, 6.07) is 3.54. The molecule has 10 heteroatoms. The van der Waals surface area contributed by atoms with Crippen LogP contribution in [0.25, 0.3) is 11.1 Å². The Morgan fingerprint density at radius 1 is 0.895 bits per heavy atom. The average molecular weight is 531 g/mol. The van der Waals surface area contributed by atoms with Crippen molar-refractivity contribution in [2.75, 3.05) is 34.7 Å². The molecule has 2 aliphatic heterocycles. The van der Waals surface area contributed by atoms with Crippen molar-refractivity contribution in [3.8, 4) is 45.6 Å². The molecule has 38 heavy (non-hydrogen) atoms. The fourth-order valence-electron chi connectivity index (χ4n) is 5.37. The molecule has 0 unspecified atom stereocenters. The van der Waals surface area contributed by atoms with Gasteiger partial charge in [-0.15, -0.1) is 0 Å². The Balaban J connectivity index is 1.98. The number of carbonyl (C=O) groups is 1. The van der Waals surface area contributed by atoms with E-state index in [2.05, 4.69) is 0 Å². The minimum absolute atomic E-state index is 0.00920. The standard InChI is InChI=1S/C28H34O10/c1-13-8-15-9-18-22(37-12-36-18)24-19(15)20-16(10-17(32-5)21(33-6)23(20)34-7)25(27(13,3)30)38-26(29)28(4,31)14(2)11-35-24/h9-10,13-14,25,30-31H,8,11-12H2,1-7H3/t13-,14-,25+,27+,28+/m0/s1. The Bertz CT molecular complexity index is 1280. The third kappa shape index (κ3) is 3.72. The molecular weight excluding hydrogens is 496 g/mol. The molecule has 0 fully saturated rings. The fraction of sp³-hybridized carbons (Fsp3) is 0.536. The molecule has 2 bridgehead atoms. The number of hydrogen-bond acceptors (Lipinski definition) is 10. The molecule has 0 radical (unpaired) electrons. The summed E-state index contributed by atoms with van der Waals surface area (Å²) in [5.74, 6) is 0.241. The van der Waals surface area contributed by atoms with Gasteiger partial charge >= 0.3 is 5.97 Å². The van der Waals surface area contributed by atoms with Gasteiger partial charge in [0.05, 0.1) is 27.9 Å². The highest BCUT2D eigenvalue weighted by atomic mass is 16.7. The average Bonchev–Trinajstić information content (AvgIpc) is 3.35. The highest BCUT2D eigenvalue weighted by Gasteiger charge is 2.50. The number of ether oxygens (including phenoxy) is 7. The lowest BCUT2D eigenvalue weighted by atomic mass is 9.73. The third-order valence-corrected chi connectivity index (χ3v) is 8.22. The summed E-state index contributed by atoms with van der Waals surface area (Å²) in [7, 11) is 4.47. The second kappa shape index (κ2) is 9.13. The van der Waals surface area contributed by atoms with Crippen LogP contribution >= 0.6 is 0 Å². The zero-order valence-corrected chi connectivity index (χ0v) is 22.7. The zero-order chi connectivity index (χ0) is 27.6. The molecule has 0 saturated heterocycles. The summed E-state index contributed by atoms with van der Waals surface area (Å²) in [5, 5.41) is 23.3. The Labute approximate surface area is 221 Å². The van der Waals surface area contributed by atoms with Gasteiger partial charge in [-0.2, -0.15) is 0 Å². The maximum absolute atomic E-state index is 13.5. The van der Waals surface area contributed by atoms with Crippen molar-refractivity contribution in [3.05, 3.63) is 23.3 Å². The van der Waals surface area contributed by atoms with Crippen LogP contribution in [0, 0.1) is 11.8 Å². The molecule has 2 heterocycles. The number of aliphatic hydroxyl groups is 2. The van der Waals surface area contributed by atoms with Gasteiger partial charge in [0.1, 0.15) is 5.60 Å². The van der Waals surface area contributed by atoms with Crippen LogP contribution in [0.4, 0.5) is 0 Å². The van der Waals surface area contributed by atoms with Gasteiger partial charge in [-0.1, -0.05) is 13.8 Å². The van der Waals surface area contributed by atoms with Gasteiger partial charge in [0.2, 0.25) is 18.3 Å². The van der Waals surface area contributed by atoms with Crippen molar-refractivity contribution in [1.29, 1.82) is 0 Å². The summed E-state index contributed by atoms with van der Waals surface area (Å²) in [6.45, 7) is 6.54. The highest BCUT2D eigenvalue weighted by Crippen LogP contribution is 2.59. The van der Waals surface area contributed by atoms with Gasteiger partial charge < -0.3 is 43.4 Å². The molecule has 10 nitrogen and oxygen atoms in total. The summed E-state index contributed by atoms with van der Waals surface area (Å²) in [5.41, 5.74) is -1.15. The smallest absolute Gasteiger partial charge is 0.338 e. The molecule has 5 atom stereocenters. The second-order valence-corrected chi connectivity index (χ2v) is 10.6. The molecule has 5 rings (SSSR count). The van der Waals surface area contributed by atoms with Crippen LogP contribution < -0.4 is 28.4 Å². The normalized spacial score (nSPS) is 29.7. The van der Waals surface area contributed by atoms with E-state index in [1.54, 1.807) is 19.9 Å². The number of benzene rings is 2. The van der Waals surface area contributed by atoms with Gasteiger partial charge in [0.15, 0.2) is 34.7 Å². The van der Waals surface area contributed by atoms with Crippen LogP contribution in [-0.2, 0) is 16.0 Å². The van der Waals surface area contributed by atoms with E-state index in [9.17, 15) is 15.0 Å². The predicted octanol–water partition coefficient (Wildman–Crippen LogP) is 3.42. The van der Waals surface area contributed by atoms with E-state index >= 15 is 0 Å². The summed E-state index contributed by atoms with van der Waals surface area (Å²) >= 11 is 0. The first-order chi connectivity index (χ1) is 18.0. The van der Waals surface area contributed by atoms with Crippen molar-refractivity contribution in [2.24, 2.45) is 11.8 Å². The number of methoxy groups -OCH3 is 3. The van der Waals surface area contributed by atoms with Crippen LogP contribution in [0.15, 0.2) is 12.1 Å². The predicted molar refractivity (Wildman–Crippen MR) is 135 cm³/mol. The summed E-state index contributed by atoms with van der Waals surface area (Å²) < 4.78 is 41.2. The van der Waals surface area contributed by atoms with Crippen LogP contribution in [-0.4, -0.2) is 62.1 Å². The molecular formula is C28H34O10. The third-order valence-electron chi connectivity index (χ3n) is 8.22. The molecule has 2 aromatic rings. The van der Waals surface area contributed by atoms with Crippen molar-refractivity contribution in [3.63, 3.8) is 0 Å². The number of rotatable bonds is 3. The van der Waals surface area contributed by atoms with Crippen molar-refractivity contribution in [2.45, 2.75) is 51.4 Å². The Morgan fingerprint density at radius 3 is 2.26 bits per heavy atom. The van der Waals surface area contributed by atoms with Crippen LogP contribution in [0.3, 0.4) is 0 Å². The SMILES string of the molecule is COc1cc2c(c(OC)c1OC)-c1c3cc4c(c1OC[C@H](C)[C@@](C)(O)C(=O)O[C@H]2[C@](C)(O)[C@@H](C)C3)OCO4. The lowest BCUT2D eigenvalue weighted by molar-refractivity contribution is -0.194. The molecule has 0 spiro atoms. The maximum atomic E-state index is 13.5. The Kier molecular flexibility index (Phi) is 6.30. The Morgan fingerprint density at radius 2 is 1.61 bits per heavy atom. The molecule has 0 amide bonds. The first-order valence-corrected chi connectivity index (χ1v) is 12.5. The monoisotopic (exact) mass is 530 g/mol. The van der Waals surface area contributed by atoms with E-state index in [1.807, 2.05) is 13.0 Å². The number of hydrogen-bond donors (Lipinski definition) is 2. The van der Waals surface area contributed by atoms with Crippen LogP contribution in [0.5, 0.6) is 34.5 Å². The lowest BCUT2D eigenvalue weighted by Gasteiger charge is -2.41.